The molecule has 2 nitrogen and oxygen atoms in total. The molecule has 53 heavy (non-hydrogen) atoms. The molecule has 0 unspecified atom stereocenters. The van der Waals surface area contributed by atoms with Crippen molar-refractivity contribution in [2.24, 2.45) is 0 Å². The Balaban J connectivity index is 1.10. The lowest BCUT2D eigenvalue weighted by atomic mass is 9.80. The van der Waals surface area contributed by atoms with E-state index in [-0.39, 0.29) is 5.41 Å². The Morgan fingerprint density at radius 2 is 1.06 bits per heavy atom. The van der Waals surface area contributed by atoms with E-state index in [0.29, 0.717) is 11.8 Å². The number of hydrogen-bond acceptors (Lipinski definition) is 1. The largest absolute Gasteiger partial charge is 0.310 e. The number of fused-ring (bicyclic) bond motifs is 7. The number of rotatable bonds is 6. The molecule has 10 rings (SSSR count). The number of aromatic nitrogens is 1. The summed E-state index contributed by atoms with van der Waals surface area (Å²) in [5.41, 5.74) is 15.8. The van der Waals surface area contributed by atoms with Gasteiger partial charge in [-0.1, -0.05) is 125 Å². The molecule has 0 aliphatic heterocycles. The third kappa shape index (κ3) is 5.44. The van der Waals surface area contributed by atoms with E-state index in [1.54, 1.807) is 0 Å². The normalized spacial score (nSPS) is 17.2. The van der Waals surface area contributed by atoms with Gasteiger partial charge in [0.25, 0.3) is 0 Å². The van der Waals surface area contributed by atoms with Crippen molar-refractivity contribution in [1.29, 1.82) is 0 Å². The second kappa shape index (κ2) is 13.1. The summed E-state index contributed by atoms with van der Waals surface area (Å²) in [5, 5.41) is 2.69. The number of benzene rings is 6. The highest BCUT2D eigenvalue weighted by Crippen LogP contribution is 2.54. The first-order chi connectivity index (χ1) is 26.1. The van der Waals surface area contributed by atoms with Crippen LogP contribution < -0.4 is 4.90 Å². The Hall–Kier alpha value is -5.08. The van der Waals surface area contributed by atoms with Crippen molar-refractivity contribution in [3.63, 3.8) is 0 Å². The summed E-state index contributed by atoms with van der Waals surface area (Å²) in [4.78, 5) is 2.51. The lowest BCUT2D eigenvalue weighted by Crippen LogP contribution is -2.17. The molecule has 3 aliphatic carbocycles. The Kier molecular flexibility index (Phi) is 8.05. The molecule has 2 heteroatoms. The van der Waals surface area contributed by atoms with Gasteiger partial charge < -0.3 is 9.47 Å². The maximum absolute atomic E-state index is 2.51. The maximum atomic E-state index is 2.51. The van der Waals surface area contributed by atoms with Gasteiger partial charge in [-0.2, -0.15) is 0 Å². The minimum absolute atomic E-state index is 0.187. The van der Waals surface area contributed by atoms with E-state index in [9.17, 15) is 0 Å². The summed E-state index contributed by atoms with van der Waals surface area (Å²) in [6.07, 6.45) is 13.5. The smallest absolute Gasteiger partial charge is 0.0544 e. The van der Waals surface area contributed by atoms with E-state index in [1.807, 2.05) is 0 Å². The number of hydrogen-bond donors (Lipinski definition) is 0. The molecule has 0 amide bonds. The fourth-order valence-corrected chi connectivity index (χ4v) is 10.5. The molecule has 0 bridgehead atoms. The fourth-order valence-electron chi connectivity index (χ4n) is 10.5. The predicted octanol–water partition coefficient (Wildman–Crippen LogP) is 14.7. The summed E-state index contributed by atoms with van der Waals surface area (Å²) < 4.78 is 2.45. The quantitative estimate of drug-likeness (QED) is 0.169. The topological polar surface area (TPSA) is 8.17 Å². The summed E-state index contributed by atoms with van der Waals surface area (Å²) in [7, 11) is 0. The van der Waals surface area contributed by atoms with Gasteiger partial charge in [0.05, 0.1) is 11.0 Å². The van der Waals surface area contributed by atoms with Gasteiger partial charge in [-0.05, 0) is 132 Å². The molecule has 2 saturated carbocycles. The second-order valence-electron chi connectivity index (χ2n) is 16.6. The average Bonchev–Trinajstić information content (AvgIpc) is 3.67. The van der Waals surface area contributed by atoms with Gasteiger partial charge in [0.15, 0.2) is 0 Å². The zero-order chi connectivity index (χ0) is 35.5. The standard InChI is InChI=1S/C51H50N2/c1-51(2)46-34-42(30-31-43(46)44-32-33-48-49(50(44)51)45-20-12-13-21-47(45)53(48)39-18-10-5-11-19-39)52(40-26-22-37(23-27-40)35-14-6-3-7-15-35)41-28-24-38(25-29-41)36-16-8-4-9-17-36/h5,10-13,18-36H,3-4,6-9,14-17H2,1-2H3. The average molecular weight is 691 g/mol. The lowest BCUT2D eigenvalue weighted by Gasteiger charge is -2.29. The molecular weight excluding hydrogens is 641 g/mol. The number of anilines is 3. The summed E-state index contributed by atoms with van der Waals surface area (Å²) in [6, 6.07) is 51.0. The van der Waals surface area contributed by atoms with Crippen LogP contribution in [0.2, 0.25) is 0 Å². The molecule has 3 aliphatic rings. The second-order valence-corrected chi connectivity index (χ2v) is 16.6. The molecule has 0 spiro atoms. The molecule has 6 aromatic carbocycles. The first kappa shape index (κ1) is 32.6. The highest BCUT2D eigenvalue weighted by atomic mass is 15.1. The van der Waals surface area contributed by atoms with Crippen LogP contribution in [-0.4, -0.2) is 4.57 Å². The van der Waals surface area contributed by atoms with Crippen LogP contribution in [0.5, 0.6) is 0 Å². The molecule has 1 aromatic heterocycles. The zero-order valence-corrected chi connectivity index (χ0v) is 31.3. The molecule has 264 valence electrons. The van der Waals surface area contributed by atoms with E-state index < -0.39 is 0 Å². The van der Waals surface area contributed by atoms with Crippen LogP contribution >= 0.6 is 0 Å². The van der Waals surface area contributed by atoms with Gasteiger partial charge in [0, 0.05) is 38.9 Å². The van der Waals surface area contributed by atoms with Crippen molar-refractivity contribution < 1.29 is 0 Å². The van der Waals surface area contributed by atoms with E-state index >= 15 is 0 Å². The van der Waals surface area contributed by atoms with Gasteiger partial charge in [0.2, 0.25) is 0 Å². The highest BCUT2D eigenvalue weighted by Gasteiger charge is 2.39. The number of para-hydroxylation sites is 2. The molecule has 1 heterocycles. The molecule has 0 atom stereocenters. The molecule has 0 N–H and O–H groups in total. The van der Waals surface area contributed by atoms with Crippen molar-refractivity contribution in [2.75, 3.05) is 4.90 Å². The third-order valence-corrected chi connectivity index (χ3v) is 13.2. The first-order valence-corrected chi connectivity index (χ1v) is 20.3. The van der Waals surface area contributed by atoms with Gasteiger partial charge >= 0.3 is 0 Å². The Morgan fingerprint density at radius 3 is 1.68 bits per heavy atom. The monoisotopic (exact) mass is 690 g/mol. The Morgan fingerprint density at radius 1 is 0.509 bits per heavy atom. The van der Waals surface area contributed by atoms with Crippen LogP contribution in [0.3, 0.4) is 0 Å². The van der Waals surface area contributed by atoms with Crippen LogP contribution in [0, 0.1) is 0 Å². The van der Waals surface area contributed by atoms with Crippen LogP contribution in [0.4, 0.5) is 17.1 Å². The van der Waals surface area contributed by atoms with E-state index in [4.69, 9.17) is 0 Å². The van der Waals surface area contributed by atoms with E-state index in [2.05, 4.69) is 157 Å². The van der Waals surface area contributed by atoms with Crippen molar-refractivity contribution in [1.82, 2.24) is 4.57 Å². The predicted molar refractivity (Wildman–Crippen MR) is 225 cm³/mol. The van der Waals surface area contributed by atoms with E-state index in [1.165, 1.54) is 142 Å². The lowest BCUT2D eigenvalue weighted by molar-refractivity contribution is 0.443. The molecule has 2 fully saturated rings. The van der Waals surface area contributed by atoms with Gasteiger partial charge in [0.1, 0.15) is 0 Å². The van der Waals surface area contributed by atoms with Crippen molar-refractivity contribution in [3.8, 4) is 16.8 Å². The van der Waals surface area contributed by atoms with E-state index in [0.717, 1.165) is 0 Å². The molecule has 7 aromatic rings. The first-order valence-electron chi connectivity index (χ1n) is 20.3. The van der Waals surface area contributed by atoms with Gasteiger partial charge in [-0.3, -0.25) is 0 Å². The molecule has 0 radical (unpaired) electrons. The SMILES string of the molecule is CC1(C)c2cc(N(c3ccc(C4CCCCC4)cc3)c3ccc(C4CCCCC4)cc3)ccc2-c2ccc3c(c21)c1ccccc1n3-c1ccccc1. The number of nitrogens with zero attached hydrogens (tertiary/aromatic N) is 2. The van der Waals surface area contributed by atoms with Crippen LogP contribution in [-0.2, 0) is 5.41 Å². The highest BCUT2D eigenvalue weighted by molar-refractivity contribution is 6.14. The maximum Gasteiger partial charge on any atom is 0.0544 e. The minimum Gasteiger partial charge on any atom is -0.310 e. The molecular formula is C51H50N2. The van der Waals surface area contributed by atoms with Crippen molar-refractivity contribution in [3.05, 3.63) is 156 Å². The Bertz CT molecular complexity index is 2360. The summed E-state index contributed by atoms with van der Waals surface area (Å²) >= 11 is 0. The zero-order valence-electron chi connectivity index (χ0n) is 31.3. The Labute approximate surface area is 315 Å². The fraction of sp³-hybridized carbons (Fsp3) is 0.294. The van der Waals surface area contributed by atoms with Gasteiger partial charge in [-0.25, -0.2) is 0 Å². The van der Waals surface area contributed by atoms with Gasteiger partial charge in [-0.15, -0.1) is 0 Å². The van der Waals surface area contributed by atoms with Crippen LogP contribution in [0.1, 0.15) is 112 Å². The van der Waals surface area contributed by atoms with Crippen LogP contribution in [0.15, 0.2) is 133 Å². The minimum atomic E-state index is -0.187. The van der Waals surface area contributed by atoms with Crippen molar-refractivity contribution >= 4 is 38.9 Å². The summed E-state index contributed by atoms with van der Waals surface area (Å²) in [5.74, 6) is 1.40. The van der Waals surface area contributed by atoms with Crippen molar-refractivity contribution in [2.45, 2.75) is 95.3 Å². The summed E-state index contributed by atoms with van der Waals surface area (Å²) in [6.45, 7) is 4.88. The third-order valence-electron chi connectivity index (χ3n) is 13.2. The molecule has 0 saturated heterocycles. The van der Waals surface area contributed by atoms with Crippen LogP contribution in [0.25, 0.3) is 38.6 Å².